The molecule has 2 aromatic rings. The first-order valence-corrected chi connectivity index (χ1v) is 9.40. The first kappa shape index (κ1) is 18.5. The van der Waals surface area contributed by atoms with E-state index in [1.165, 1.54) is 11.1 Å². The lowest BCUT2D eigenvalue weighted by atomic mass is 9.86. The fraction of sp³-hybridized carbons (Fsp3) is 0.409. The molecule has 1 heterocycles. The summed E-state index contributed by atoms with van der Waals surface area (Å²) in [5.41, 5.74) is 2.85. The molecule has 0 bridgehead atoms. The zero-order valence-electron chi connectivity index (χ0n) is 15.7. The summed E-state index contributed by atoms with van der Waals surface area (Å²) in [6.07, 6.45) is 1.49. The topological polar surface area (TPSA) is 41.6 Å². The van der Waals surface area contributed by atoms with E-state index in [1.54, 1.807) is 0 Å². The minimum atomic E-state index is -0.640. The van der Waals surface area contributed by atoms with E-state index in [0.29, 0.717) is 6.61 Å². The van der Waals surface area contributed by atoms with Gasteiger partial charge in [0.05, 0.1) is 6.61 Å². The summed E-state index contributed by atoms with van der Waals surface area (Å²) in [5, 5.41) is 3.49. The van der Waals surface area contributed by atoms with Crippen molar-refractivity contribution in [2.45, 2.75) is 38.8 Å². The number of nitrogens with zero attached hydrogens (tertiary/aromatic N) is 1. The van der Waals surface area contributed by atoms with Crippen molar-refractivity contribution in [3.05, 3.63) is 65.7 Å². The van der Waals surface area contributed by atoms with Crippen LogP contribution in [-0.2, 0) is 16.1 Å². The Hall–Kier alpha value is -2.33. The molecular formula is C22H28N2O2. The van der Waals surface area contributed by atoms with E-state index in [-0.39, 0.29) is 5.97 Å². The first-order valence-electron chi connectivity index (χ1n) is 9.40. The molecule has 1 saturated heterocycles. The minimum Gasteiger partial charge on any atom is -0.464 e. The van der Waals surface area contributed by atoms with E-state index >= 15 is 0 Å². The summed E-state index contributed by atoms with van der Waals surface area (Å²) in [5.74, 6) is -0.139. The highest BCUT2D eigenvalue weighted by Gasteiger charge is 2.42. The van der Waals surface area contributed by atoms with Crippen LogP contribution in [0.5, 0.6) is 0 Å². The van der Waals surface area contributed by atoms with Crippen LogP contribution in [0.3, 0.4) is 0 Å². The third kappa shape index (κ3) is 4.44. The Morgan fingerprint density at radius 2 is 1.73 bits per heavy atom. The number of likely N-dealkylation sites (tertiary alicyclic amines) is 1. The van der Waals surface area contributed by atoms with Gasteiger partial charge in [-0.1, -0.05) is 48.0 Å². The van der Waals surface area contributed by atoms with Crippen LogP contribution in [0.25, 0.3) is 0 Å². The number of benzene rings is 2. The first-order chi connectivity index (χ1) is 12.6. The second-order valence-electron chi connectivity index (χ2n) is 7.06. The van der Waals surface area contributed by atoms with E-state index in [9.17, 15) is 4.79 Å². The zero-order chi connectivity index (χ0) is 18.4. The number of carbonyl (C=O) groups is 1. The Kier molecular flexibility index (Phi) is 5.94. The average Bonchev–Trinajstić information content (AvgIpc) is 2.66. The summed E-state index contributed by atoms with van der Waals surface area (Å²) in [6, 6.07) is 18.7. The highest BCUT2D eigenvalue weighted by Crippen LogP contribution is 2.29. The van der Waals surface area contributed by atoms with E-state index in [1.807, 2.05) is 25.1 Å². The highest BCUT2D eigenvalue weighted by atomic mass is 16.5. The number of aryl methyl sites for hydroxylation is 1. The van der Waals surface area contributed by atoms with Gasteiger partial charge in [0.1, 0.15) is 5.54 Å². The van der Waals surface area contributed by atoms with Gasteiger partial charge in [-0.2, -0.15) is 0 Å². The number of hydrogen-bond acceptors (Lipinski definition) is 4. The van der Waals surface area contributed by atoms with Crippen molar-refractivity contribution in [3.63, 3.8) is 0 Å². The van der Waals surface area contributed by atoms with Crippen molar-refractivity contribution in [1.29, 1.82) is 0 Å². The van der Waals surface area contributed by atoms with E-state index < -0.39 is 5.54 Å². The summed E-state index contributed by atoms with van der Waals surface area (Å²) in [7, 11) is 0. The molecule has 0 spiro atoms. The van der Waals surface area contributed by atoms with Crippen molar-refractivity contribution in [3.8, 4) is 0 Å². The maximum absolute atomic E-state index is 12.8. The van der Waals surface area contributed by atoms with Crippen molar-refractivity contribution in [2.24, 2.45) is 0 Å². The van der Waals surface area contributed by atoms with Crippen LogP contribution in [0.2, 0.25) is 0 Å². The van der Waals surface area contributed by atoms with Crippen molar-refractivity contribution >= 4 is 11.7 Å². The highest BCUT2D eigenvalue weighted by molar-refractivity contribution is 5.84. The number of piperidine rings is 1. The van der Waals surface area contributed by atoms with Crippen LogP contribution in [0.4, 0.5) is 5.69 Å². The molecule has 0 aromatic heterocycles. The van der Waals surface area contributed by atoms with Gasteiger partial charge < -0.3 is 10.1 Å². The molecule has 0 saturated carbocycles. The van der Waals surface area contributed by atoms with Crippen LogP contribution in [0.1, 0.15) is 30.9 Å². The lowest BCUT2D eigenvalue weighted by Crippen LogP contribution is -2.55. The van der Waals surface area contributed by atoms with Gasteiger partial charge in [-0.15, -0.1) is 0 Å². The maximum atomic E-state index is 12.8. The van der Waals surface area contributed by atoms with Crippen LogP contribution in [0, 0.1) is 6.92 Å². The number of nitrogens with one attached hydrogen (secondary N) is 1. The van der Waals surface area contributed by atoms with Crippen LogP contribution >= 0.6 is 0 Å². The Balaban J connectivity index is 1.70. The van der Waals surface area contributed by atoms with Gasteiger partial charge in [0, 0.05) is 25.3 Å². The summed E-state index contributed by atoms with van der Waals surface area (Å²) in [4.78, 5) is 15.2. The van der Waals surface area contributed by atoms with Gasteiger partial charge in [-0.05, 0) is 44.4 Å². The molecule has 1 fully saturated rings. The van der Waals surface area contributed by atoms with E-state index in [2.05, 4.69) is 53.5 Å². The second kappa shape index (κ2) is 8.37. The average molecular weight is 352 g/mol. The fourth-order valence-corrected chi connectivity index (χ4v) is 3.50. The predicted molar refractivity (Wildman–Crippen MR) is 105 cm³/mol. The van der Waals surface area contributed by atoms with Crippen LogP contribution in [0.15, 0.2) is 54.6 Å². The van der Waals surface area contributed by atoms with Gasteiger partial charge >= 0.3 is 5.97 Å². The maximum Gasteiger partial charge on any atom is 0.331 e. The zero-order valence-corrected chi connectivity index (χ0v) is 15.7. The molecule has 4 heteroatoms. The lowest BCUT2D eigenvalue weighted by Gasteiger charge is -2.41. The van der Waals surface area contributed by atoms with Crippen molar-refractivity contribution < 1.29 is 9.53 Å². The Bertz CT molecular complexity index is 705. The SMILES string of the molecule is CCOC(=O)C1(Nc2ccc(C)cc2)CCN(Cc2ccccc2)CC1. The van der Waals surface area contributed by atoms with Gasteiger partial charge in [0.25, 0.3) is 0 Å². The molecular weight excluding hydrogens is 324 g/mol. The molecule has 0 atom stereocenters. The number of ether oxygens (including phenoxy) is 1. The standard InChI is InChI=1S/C22H28N2O2/c1-3-26-21(25)22(23-20-11-9-18(2)10-12-20)13-15-24(16-14-22)17-19-7-5-4-6-8-19/h4-12,23H,3,13-17H2,1-2H3. The molecule has 0 amide bonds. The predicted octanol–water partition coefficient (Wildman–Crippen LogP) is 4.00. The summed E-state index contributed by atoms with van der Waals surface area (Å²) in [6.45, 7) is 6.99. The molecule has 3 rings (SSSR count). The van der Waals surface area contributed by atoms with Gasteiger partial charge in [-0.3, -0.25) is 4.90 Å². The Morgan fingerprint density at radius 3 is 2.35 bits per heavy atom. The molecule has 0 unspecified atom stereocenters. The number of esters is 1. The van der Waals surface area contributed by atoms with Crippen molar-refractivity contribution in [2.75, 3.05) is 25.0 Å². The monoisotopic (exact) mass is 352 g/mol. The lowest BCUT2D eigenvalue weighted by molar-refractivity contribution is -0.150. The van der Waals surface area contributed by atoms with Gasteiger partial charge in [0.15, 0.2) is 0 Å². The summed E-state index contributed by atoms with van der Waals surface area (Å²) >= 11 is 0. The van der Waals surface area contributed by atoms with Crippen LogP contribution < -0.4 is 5.32 Å². The molecule has 1 aliphatic heterocycles. The second-order valence-corrected chi connectivity index (χ2v) is 7.06. The molecule has 138 valence electrons. The largest absolute Gasteiger partial charge is 0.464 e. The number of rotatable bonds is 6. The Morgan fingerprint density at radius 1 is 1.08 bits per heavy atom. The number of anilines is 1. The Labute approximate surface area is 156 Å². The molecule has 0 radical (unpaired) electrons. The third-order valence-electron chi connectivity index (χ3n) is 5.06. The van der Waals surface area contributed by atoms with Crippen LogP contribution in [-0.4, -0.2) is 36.1 Å². The smallest absolute Gasteiger partial charge is 0.331 e. The van der Waals surface area contributed by atoms with Gasteiger partial charge in [0.2, 0.25) is 0 Å². The van der Waals surface area contributed by atoms with Gasteiger partial charge in [-0.25, -0.2) is 4.79 Å². The normalized spacial score (nSPS) is 16.8. The molecule has 2 aromatic carbocycles. The quantitative estimate of drug-likeness (QED) is 0.798. The number of hydrogen-bond donors (Lipinski definition) is 1. The van der Waals surface area contributed by atoms with E-state index in [4.69, 9.17) is 4.74 Å². The molecule has 1 aliphatic rings. The molecule has 26 heavy (non-hydrogen) atoms. The molecule has 4 nitrogen and oxygen atoms in total. The molecule has 0 aliphatic carbocycles. The molecule has 1 N–H and O–H groups in total. The minimum absolute atomic E-state index is 0.139. The number of carbonyl (C=O) groups excluding carboxylic acids is 1. The van der Waals surface area contributed by atoms with E-state index in [0.717, 1.165) is 38.2 Å². The fourth-order valence-electron chi connectivity index (χ4n) is 3.50. The summed E-state index contributed by atoms with van der Waals surface area (Å²) < 4.78 is 5.41. The van der Waals surface area contributed by atoms with Crippen molar-refractivity contribution in [1.82, 2.24) is 4.90 Å². The third-order valence-corrected chi connectivity index (χ3v) is 5.06.